The number of carbonyl (C=O) groups excluding carboxylic acids is 1. The van der Waals surface area contributed by atoms with Crippen molar-refractivity contribution < 1.29 is 9.53 Å². The van der Waals surface area contributed by atoms with Gasteiger partial charge in [-0.3, -0.25) is 4.79 Å². The highest BCUT2D eigenvalue weighted by Crippen LogP contribution is 2.11. The topological polar surface area (TPSA) is 63.2 Å². The lowest BCUT2D eigenvalue weighted by Gasteiger charge is -2.10. The lowest BCUT2D eigenvalue weighted by atomic mass is 10.3. The van der Waals surface area contributed by atoms with E-state index in [2.05, 4.69) is 15.6 Å². The normalized spacial score (nSPS) is 10.3. The third-order valence-electron chi connectivity index (χ3n) is 2.82. The van der Waals surface area contributed by atoms with E-state index in [0.29, 0.717) is 24.8 Å². The number of nitrogens with one attached hydrogen (secondary N) is 2. The first-order chi connectivity index (χ1) is 10.6. The average Bonchev–Trinajstić information content (AvgIpc) is 2.50. The number of hydrogen-bond donors (Lipinski definition) is 2. The van der Waals surface area contributed by atoms with Crippen molar-refractivity contribution in [3.8, 4) is 5.75 Å². The van der Waals surface area contributed by atoms with Gasteiger partial charge < -0.3 is 15.4 Å². The Hall–Kier alpha value is -2.56. The van der Waals surface area contributed by atoms with E-state index in [0.717, 1.165) is 11.6 Å². The zero-order valence-electron chi connectivity index (χ0n) is 12.9. The Morgan fingerprint density at radius 1 is 1.18 bits per heavy atom. The smallest absolute Gasteiger partial charge is 0.227 e. The molecular formula is C17H21N3O2. The van der Waals surface area contributed by atoms with Crippen molar-refractivity contribution in [2.24, 2.45) is 0 Å². The minimum atomic E-state index is -0.0951. The van der Waals surface area contributed by atoms with Crippen LogP contribution in [-0.4, -0.2) is 23.5 Å². The van der Waals surface area contributed by atoms with E-state index in [1.165, 1.54) is 0 Å². The molecule has 1 amide bonds. The van der Waals surface area contributed by atoms with Gasteiger partial charge in [-0.05, 0) is 38.1 Å². The number of rotatable bonds is 7. The monoisotopic (exact) mass is 299 g/mol. The van der Waals surface area contributed by atoms with Crippen molar-refractivity contribution >= 4 is 17.4 Å². The molecule has 5 heteroatoms. The number of amides is 1. The summed E-state index contributed by atoms with van der Waals surface area (Å²) in [5.74, 6) is 1.46. The van der Waals surface area contributed by atoms with Gasteiger partial charge in [0, 0.05) is 6.04 Å². The van der Waals surface area contributed by atoms with Crippen LogP contribution < -0.4 is 15.4 Å². The minimum absolute atomic E-state index is 0.0951. The molecule has 0 radical (unpaired) electrons. The molecule has 22 heavy (non-hydrogen) atoms. The van der Waals surface area contributed by atoms with Crippen LogP contribution in [0.15, 0.2) is 48.7 Å². The van der Waals surface area contributed by atoms with Gasteiger partial charge in [0.2, 0.25) is 5.91 Å². The van der Waals surface area contributed by atoms with Gasteiger partial charge in [0.1, 0.15) is 11.6 Å². The molecule has 5 nitrogen and oxygen atoms in total. The summed E-state index contributed by atoms with van der Waals surface area (Å²) in [5.41, 5.74) is 0.680. The second-order valence-electron chi connectivity index (χ2n) is 5.19. The number of benzene rings is 1. The van der Waals surface area contributed by atoms with Crippen LogP contribution in [0.4, 0.5) is 11.5 Å². The molecular weight excluding hydrogens is 278 g/mol. The molecule has 116 valence electrons. The van der Waals surface area contributed by atoms with E-state index in [4.69, 9.17) is 4.74 Å². The number of anilines is 2. The molecule has 0 atom stereocenters. The van der Waals surface area contributed by atoms with Crippen molar-refractivity contribution in [2.75, 3.05) is 17.2 Å². The summed E-state index contributed by atoms with van der Waals surface area (Å²) in [6, 6.07) is 13.4. The lowest BCUT2D eigenvalue weighted by molar-refractivity contribution is -0.116. The summed E-state index contributed by atoms with van der Waals surface area (Å²) >= 11 is 0. The first kappa shape index (κ1) is 15.8. The number of para-hydroxylation sites is 1. The van der Waals surface area contributed by atoms with Gasteiger partial charge in [0.15, 0.2) is 0 Å². The fraction of sp³-hybridized carbons (Fsp3) is 0.294. The van der Waals surface area contributed by atoms with Gasteiger partial charge >= 0.3 is 0 Å². The molecule has 1 heterocycles. The van der Waals surface area contributed by atoms with Crippen LogP contribution in [0.25, 0.3) is 0 Å². The van der Waals surface area contributed by atoms with Crippen LogP contribution in [0.5, 0.6) is 5.75 Å². The molecule has 1 aromatic heterocycles. The quantitative estimate of drug-likeness (QED) is 0.823. The standard InChI is InChI=1S/C17H21N3O2/c1-13(2)19-16-9-8-14(12-18-16)20-17(21)10-11-22-15-6-4-3-5-7-15/h3-9,12-13H,10-11H2,1-2H3,(H,18,19)(H,20,21). The van der Waals surface area contributed by atoms with Crippen molar-refractivity contribution in [1.29, 1.82) is 0 Å². The lowest BCUT2D eigenvalue weighted by Crippen LogP contribution is -2.16. The van der Waals surface area contributed by atoms with Crippen LogP contribution >= 0.6 is 0 Å². The Morgan fingerprint density at radius 2 is 1.95 bits per heavy atom. The maximum absolute atomic E-state index is 11.8. The largest absolute Gasteiger partial charge is 0.493 e. The van der Waals surface area contributed by atoms with Crippen LogP contribution in [0.2, 0.25) is 0 Å². The van der Waals surface area contributed by atoms with Crippen LogP contribution in [-0.2, 0) is 4.79 Å². The number of aromatic nitrogens is 1. The molecule has 0 aliphatic heterocycles. The van der Waals surface area contributed by atoms with E-state index in [-0.39, 0.29) is 5.91 Å². The maximum atomic E-state index is 11.8. The van der Waals surface area contributed by atoms with Crippen molar-refractivity contribution in [3.63, 3.8) is 0 Å². The number of pyridine rings is 1. The zero-order valence-corrected chi connectivity index (χ0v) is 12.9. The summed E-state index contributed by atoms with van der Waals surface area (Å²) in [6.07, 6.45) is 1.93. The molecule has 0 unspecified atom stereocenters. The highest BCUT2D eigenvalue weighted by molar-refractivity contribution is 5.90. The zero-order chi connectivity index (χ0) is 15.8. The predicted octanol–water partition coefficient (Wildman–Crippen LogP) is 3.31. The molecule has 0 bridgehead atoms. The number of hydrogen-bond acceptors (Lipinski definition) is 4. The molecule has 0 aliphatic rings. The van der Waals surface area contributed by atoms with Crippen LogP contribution in [0.1, 0.15) is 20.3 Å². The molecule has 2 N–H and O–H groups in total. The third-order valence-corrected chi connectivity index (χ3v) is 2.82. The first-order valence-electron chi connectivity index (χ1n) is 7.34. The van der Waals surface area contributed by atoms with Crippen molar-refractivity contribution in [2.45, 2.75) is 26.3 Å². The Kier molecular flexibility index (Phi) is 5.77. The van der Waals surface area contributed by atoms with E-state index >= 15 is 0 Å². The average molecular weight is 299 g/mol. The highest BCUT2D eigenvalue weighted by atomic mass is 16.5. The summed E-state index contributed by atoms with van der Waals surface area (Å²) in [6.45, 7) is 4.43. The summed E-state index contributed by atoms with van der Waals surface area (Å²) in [7, 11) is 0. The maximum Gasteiger partial charge on any atom is 0.227 e. The molecule has 0 saturated heterocycles. The Morgan fingerprint density at radius 3 is 2.59 bits per heavy atom. The number of carbonyl (C=O) groups is 1. The molecule has 0 fully saturated rings. The Bertz CT molecular complexity index is 583. The summed E-state index contributed by atoms with van der Waals surface area (Å²) < 4.78 is 5.49. The Labute approximate surface area is 130 Å². The van der Waals surface area contributed by atoms with E-state index in [1.54, 1.807) is 6.20 Å². The second-order valence-corrected chi connectivity index (χ2v) is 5.19. The molecule has 0 aliphatic carbocycles. The van der Waals surface area contributed by atoms with Gasteiger partial charge in [-0.25, -0.2) is 4.98 Å². The highest BCUT2D eigenvalue weighted by Gasteiger charge is 2.04. The molecule has 1 aromatic carbocycles. The first-order valence-corrected chi connectivity index (χ1v) is 7.34. The number of nitrogens with zero attached hydrogens (tertiary/aromatic N) is 1. The minimum Gasteiger partial charge on any atom is -0.493 e. The van der Waals surface area contributed by atoms with Gasteiger partial charge in [-0.1, -0.05) is 18.2 Å². The van der Waals surface area contributed by atoms with Crippen molar-refractivity contribution in [1.82, 2.24) is 4.98 Å². The SMILES string of the molecule is CC(C)Nc1ccc(NC(=O)CCOc2ccccc2)cn1. The van der Waals surface area contributed by atoms with E-state index in [1.807, 2.05) is 56.3 Å². The second kappa shape index (κ2) is 8.02. The van der Waals surface area contributed by atoms with Crippen molar-refractivity contribution in [3.05, 3.63) is 48.7 Å². The predicted molar refractivity (Wildman–Crippen MR) is 88.2 cm³/mol. The van der Waals surface area contributed by atoms with Gasteiger partial charge in [-0.15, -0.1) is 0 Å². The fourth-order valence-corrected chi connectivity index (χ4v) is 1.85. The molecule has 0 saturated carbocycles. The van der Waals surface area contributed by atoms with Crippen LogP contribution in [0, 0.1) is 0 Å². The molecule has 0 spiro atoms. The molecule has 2 rings (SSSR count). The fourth-order valence-electron chi connectivity index (χ4n) is 1.85. The van der Waals surface area contributed by atoms with Gasteiger partial charge in [-0.2, -0.15) is 0 Å². The molecule has 2 aromatic rings. The van der Waals surface area contributed by atoms with Crippen LogP contribution in [0.3, 0.4) is 0 Å². The van der Waals surface area contributed by atoms with Gasteiger partial charge in [0.05, 0.1) is 24.9 Å². The van der Waals surface area contributed by atoms with E-state index < -0.39 is 0 Å². The number of ether oxygens (including phenoxy) is 1. The summed E-state index contributed by atoms with van der Waals surface area (Å²) in [4.78, 5) is 16.1. The van der Waals surface area contributed by atoms with Gasteiger partial charge in [0.25, 0.3) is 0 Å². The summed E-state index contributed by atoms with van der Waals surface area (Å²) in [5, 5.41) is 5.99. The third kappa shape index (κ3) is 5.44. The Balaban J connectivity index is 1.74. The van der Waals surface area contributed by atoms with E-state index in [9.17, 15) is 4.79 Å².